The van der Waals surface area contributed by atoms with E-state index in [0.717, 1.165) is 0 Å². The van der Waals surface area contributed by atoms with Crippen LogP contribution in [0.5, 0.6) is 11.6 Å². The molecule has 2 aromatic heterocycles. The summed E-state index contributed by atoms with van der Waals surface area (Å²) < 4.78 is 10.6. The number of carboxylic acid groups (broad SMARTS) is 1. The molecule has 0 bridgehead atoms. The summed E-state index contributed by atoms with van der Waals surface area (Å²) >= 11 is 0. The number of benzene rings is 1. The predicted molar refractivity (Wildman–Crippen MR) is 94.2 cm³/mol. The topological polar surface area (TPSA) is 127 Å². The highest BCUT2D eigenvalue weighted by Crippen LogP contribution is 2.28. The van der Waals surface area contributed by atoms with E-state index >= 15 is 0 Å². The van der Waals surface area contributed by atoms with E-state index < -0.39 is 17.4 Å². The summed E-state index contributed by atoms with van der Waals surface area (Å²) in [5.74, 6) is -2.62. The number of aromatic hydroxyl groups is 1. The quantitative estimate of drug-likeness (QED) is 0.281. The molecule has 0 saturated carbocycles. The molecule has 0 amide bonds. The second-order valence-electron chi connectivity index (χ2n) is 5.68. The van der Waals surface area contributed by atoms with Gasteiger partial charge in [0.15, 0.2) is 0 Å². The number of carbonyl (C=O) groups is 2. The van der Waals surface area contributed by atoms with Gasteiger partial charge in [-0.1, -0.05) is 6.07 Å². The van der Waals surface area contributed by atoms with Crippen molar-refractivity contribution in [2.75, 3.05) is 6.61 Å². The van der Waals surface area contributed by atoms with Crippen molar-refractivity contribution in [3.05, 3.63) is 64.1 Å². The Balaban J connectivity index is 1.81. The maximum Gasteiger partial charge on any atom is 0.377 e. The summed E-state index contributed by atoms with van der Waals surface area (Å²) in [5.41, 5.74) is -0.723. The summed E-state index contributed by atoms with van der Waals surface area (Å²) in [6.45, 7) is 0.269. The van der Waals surface area contributed by atoms with Gasteiger partial charge in [0.25, 0.3) is 5.78 Å². The van der Waals surface area contributed by atoms with Crippen LogP contribution in [0.3, 0.4) is 0 Å². The molecule has 138 valence electrons. The van der Waals surface area contributed by atoms with E-state index in [4.69, 9.17) is 14.3 Å². The zero-order valence-corrected chi connectivity index (χ0v) is 14.0. The number of carbonyl (C=O) groups excluding carboxylic acids is 1. The highest BCUT2D eigenvalue weighted by molar-refractivity contribution is 6.40. The van der Waals surface area contributed by atoms with Crippen molar-refractivity contribution < 1.29 is 29.0 Å². The third-order valence-corrected chi connectivity index (χ3v) is 3.88. The maximum atomic E-state index is 12.1. The fourth-order valence-corrected chi connectivity index (χ4v) is 2.57. The van der Waals surface area contributed by atoms with Gasteiger partial charge in [0, 0.05) is 17.8 Å². The van der Waals surface area contributed by atoms with Crippen LogP contribution < -0.4 is 10.4 Å². The Morgan fingerprint density at radius 2 is 2.00 bits per heavy atom. The van der Waals surface area contributed by atoms with Crippen molar-refractivity contribution in [3.8, 4) is 11.6 Å². The second kappa shape index (κ2) is 7.69. The van der Waals surface area contributed by atoms with E-state index in [9.17, 15) is 19.5 Å². The fraction of sp³-hybridized carbons (Fsp3) is 0.158. The van der Waals surface area contributed by atoms with Gasteiger partial charge in [-0.05, 0) is 37.1 Å². The number of hydrogen-bond acceptors (Lipinski definition) is 7. The van der Waals surface area contributed by atoms with Crippen LogP contribution in [-0.2, 0) is 11.2 Å². The van der Waals surface area contributed by atoms with Crippen molar-refractivity contribution in [2.24, 2.45) is 0 Å². The number of fused-ring (bicyclic) bond motifs is 1. The lowest BCUT2D eigenvalue weighted by atomic mass is 10.0. The van der Waals surface area contributed by atoms with Gasteiger partial charge in [-0.3, -0.25) is 4.79 Å². The standard InChI is InChI=1S/C19H15NO7/c21-16(18(23)24)11-6-7-14-13(10-11)17(22)12(19(25)27-14)4-3-9-26-15-5-1-2-8-20-15/h1-2,5-8,10,22H,3-4,9H2,(H,23,24). The Kier molecular flexibility index (Phi) is 5.16. The number of aromatic nitrogens is 1. The molecular formula is C19H15NO7. The zero-order valence-electron chi connectivity index (χ0n) is 14.0. The molecule has 0 spiro atoms. The first-order chi connectivity index (χ1) is 13.0. The number of rotatable bonds is 7. The lowest BCUT2D eigenvalue weighted by Gasteiger charge is -2.08. The number of ether oxygens (including phenoxy) is 1. The van der Waals surface area contributed by atoms with E-state index in [-0.39, 0.29) is 40.9 Å². The van der Waals surface area contributed by atoms with Gasteiger partial charge >= 0.3 is 11.6 Å². The van der Waals surface area contributed by atoms with Crippen LogP contribution in [0.2, 0.25) is 0 Å². The van der Waals surface area contributed by atoms with Gasteiger partial charge < -0.3 is 19.4 Å². The zero-order chi connectivity index (χ0) is 19.4. The lowest BCUT2D eigenvalue weighted by Crippen LogP contribution is -2.13. The summed E-state index contributed by atoms with van der Waals surface area (Å²) in [4.78, 5) is 38.5. The minimum absolute atomic E-state index is 0.0343. The van der Waals surface area contributed by atoms with Crippen LogP contribution in [0.1, 0.15) is 22.3 Å². The molecule has 0 unspecified atom stereocenters. The molecule has 3 aromatic rings. The molecule has 2 heterocycles. The summed E-state index contributed by atoms with van der Waals surface area (Å²) in [6.07, 6.45) is 2.18. The average molecular weight is 369 g/mol. The molecule has 8 heteroatoms. The minimum atomic E-state index is -1.61. The molecule has 0 fully saturated rings. The Bertz CT molecular complexity index is 1060. The minimum Gasteiger partial charge on any atom is -0.507 e. The van der Waals surface area contributed by atoms with E-state index in [1.807, 2.05) is 0 Å². The largest absolute Gasteiger partial charge is 0.507 e. The van der Waals surface area contributed by atoms with Crippen molar-refractivity contribution >= 4 is 22.7 Å². The van der Waals surface area contributed by atoms with Gasteiger partial charge in [-0.2, -0.15) is 0 Å². The number of hydrogen-bond donors (Lipinski definition) is 2. The molecule has 3 rings (SSSR count). The van der Waals surface area contributed by atoms with E-state index in [1.165, 1.54) is 18.2 Å². The second-order valence-corrected chi connectivity index (χ2v) is 5.68. The summed E-state index contributed by atoms with van der Waals surface area (Å²) in [5, 5.41) is 19.3. The van der Waals surface area contributed by atoms with Crippen LogP contribution in [-0.4, -0.2) is 33.6 Å². The Morgan fingerprint density at radius 3 is 2.70 bits per heavy atom. The summed E-state index contributed by atoms with van der Waals surface area (Å²) in [6, 6.07) is 8.93. The molecule has 1 aromatic carbocycles. The Labute approximate surface area is 152 Å². The summed E-state index contributed by atoms with van der Waals surface area (Å²) in [7, 11) is 0. The first-order valence-corrected chi connectivity index (χ1v) is 8.07. The van der Waals surface area contributed by atoms with Gasteiger partial charge in [0.1, 0.15) is 11.3 Å². The molecule has 0 radical (unpaired) electrons. The monoisotopic (exact) mass is 369 g/mol. The van der Waals surface area contributed by atoms with Crippen LogP contribution >= 0.6 is 0 Å². The van der Waals surface area contributed by atoms with Crippen molar-refractivity contribution in [2.45, 2.75) is 12.8 Å². The normalized spacial score (nSPS) is 10.7. The Morgan fingerprint density at radius 1 is 1.19 bits per heavy atom. The van der Waals surface area contributed by atoms with Crippen molar-refractivity contribution in [1.82, 2.24) is 4.98 Å². The molecule has 0 aliphatic rings. The molecular weight excluding hydrogens is 354 g/mol. The molecule has 27 heavy (non-hydrogen) atoms. The van der Waals surface area contributed by atoms with E-state index in [2.05, 4.69) is 4.98 Å². The highest BCUT2D eigenvalue weighted by Gasteiger charge is 2.19. The molecule has 0 saturated heterocycles. The highest BCUT2D eigenvalue weighted by atomic mass is 16.5. The number of carboxylic acids is 1. The maximum absolute atomic E-state index is 12.1. The van der Waals surface area contributed by atoms with Crippen LogP contribution in [0.25, 0.3) is 11.0 Å². The average Bonchev–Trinajstić information content (AvgIpc) is 2.67. The van der Waals surface area contributed by atoms with E-state index in [1.54, 1.807) is 24.4 Å². The molecule has 0 aliphatic carbocycles. The van der Waals surface area contributed by atoms with Gasteiger partial charge in [0.2, 0.25) is 5.88 Å². The number of pyridine rings is 1. The first-order valence-electron chi connectivity index (χ1n) is 8.07. The predicted octanol–water partition coefficient (Wildman–Crippen LogP) is 2.17. The number of nitrogens with zero attached hydrogens (tertiary/aromatic N) is 1. The van der Waals surface area contributed by atoms with Crippen molar-refractivity contribution in [3.63, 3.8) is 0 Å². The van der Waals surface area contributed by atoms with Gasteiger partial charge in [-0.25, -0.2) is 14.6 Å². The molecule has 2 N–H and O–H groups in total. The fourth-order valence-electron chi connectivity index (χ4n) is 2.57. The van der Waals surface area contributed by atoms with E-state index in [0.29, 0.717) is 12.3 Å². The van der Waals surface area contributed by atoms with Gasteiger partial charge in [0.05, 0.1) is 17.6 Å². The Hall–Kier alpha value is -3.68. The third kappa shape index (κ3) is 3.95. The smallest absolute Gasteiger partial charge is 0.377 e. The third-order valence-electron chi connectivity index (χ3n) is 3.88. The number of Topliss-reactive ketones (excluding diaryl/α,β-unsaturated/α-hetero) is 1. The van der Waals surface area contributed by atoms with Crippen molar-refractivity contribution in [1.29, 1.82) is 0 Å². The first kappa shape index (κ1) is 18.1. The van der Waals surface area contributed by atoms with Crippen LogP contribution in [0.4, 0.5) is 0 Å². The molecule has 0 aliphatic heterocycles. The molecule has 8 nitrogen and oxygen atoms in total. The van der Waals surface area contributed by atoms with Crippen LogP contribution in [0, 0.1) is 0 Å². The van der Waals surface area contributed by atoms with Gasteiger partial charge in [-0.15, -0.1) is 0 Å². The van der Waals surface area contributed by atoms with Crippen LogP contribution in [0.15, 0.2) is 51.8 Å². The number of aliphatic carboxylic acids is 1. The number of ketones is 1. The lowest BCUT2D eigenvalue weighted by molar-refractivity contribution is -0.131. The molecule has 0 atom stereocenters. The SMILES string of the molecule is O=C(O)C(=O)c1ccc2oc(=O)c(CCCOc3ccccn3)c(O)c2c1.